The number of phosphoric ester groups is 1. The molecule has 0 aromatic rings. The lowest BCUT2D eigenvalue weighted by atomic mass is 10.1. The van der Waals surface area contributed by atoms with Crippen molar-refractivity contribution in [2.75, 3.05) is 13.2 Å². The van der Waals surface area contributed by atoms with E-state index in [1.165, 1.54) is 25.7 Å². The van der Waals surface area contributed by atoms with Crippen LogP contribution < -0.4 is 0 Å². The lowest BCUT2D eigenvalue weighted by molar-refractivity contribution is -0.161. The Hall–Kier alpha value is -3.07. The third kappa shape index (κ3) is 33.3. The van der Waals surface area contributed by atoms with Gasteiger partial charge in [0.05, 0.1) is 18.8 Å². The molecular formula is C43H67O9P. The molecule has 0 saturated carbocycles. The highest BCUT2D eigenvalue weighted by Gasteiger charge is 2.36. The summed E-state index contributed by atoms with van der Waals surface area (Å²) in [5.74, 6) is -1.04. The number of unbranched alkanes of at least 4 members (excludes halogenated alkanes) is 4. The second-order valence-corrected chi connectivity index (χ2v) is 14.1. The predicted octanol–water partition coefficient (Wildman–Crippen LogP) is 10.8. The molecule has 1 saturated heterocycles. The van der Waals surface area contributed by atoms with Gasteiger partial charge in [-0.1, -0.05) is 130 Å². The van der Waals surface area contributed by atoms with Crippen molar-refractivity contribution >= 4 is 19.8 Å². The zero-order valence-electron chi connectivity index (χ0n) is 32.3. The maximum Gasteiger partial charge on any atom is 0.469 e. The number of phosphoric acid groups is 1. The van der Waals surface area contributed by atoms with E-state index in [0.29, 0.717) is 37.9 Å². The van der Waals surface area contributed by atoms with Gasteiger partial charge in [0.25, 0.3) is 0 Å². The number of hydrogen-bond donors (Lipinski definition) is 2. The molecule has 2 N–H and O–H groups in total. The standard InChI is InChI=1S/C43H67O9P/c1-3-5-7-8-9-10-11-12-13-14-15-16-17-21-24-27-31-35-42(44)49-37-39(38-50-53(46,47)48)51-43(45)36-32-28-25-22-19-18-20-23-26-30-34-41-40(52-41)33-29-6-4-2/h5,7,9-10,12-13,15-16,18,20-22,24-26,30,39-41H,3-4,6,8,11,14,17,19,23,27-29,31-38H2,1-2H3,(H2,46,47,48)/b7-5-,10-9-,13-12-,16-15-,20-18-,24-21-,25-22-,30-26-/t39-,40?,41?/m1/s1. The van der Waals surface area contributed by atoms with Crippen LogP contribution in [0.5, 0.6) is 0 Å². The van der Waals surface area contributed by atoms with E-state index in [1.54, 1.807) is 0 Å². The monoisotopic (exact) mass is 758 g/mol. The molecule has 3 atom stereocenters. The number of allylic oxidation sites excluding steroid dienone is 15. The highest BCUT2D eigenvalue weighted by atomic mass is 31.2. The number of hydrogen-bond acceptors (Lipinski definition) is 7. The zero-order chi connectivity index (χ0) is 38.7. The summed E-state index contributed by atoms with van der Waals surface area (Å²) in [6.45, 7) is 3.42. The molecule has 53 heavy (non-hydrogen) atoms. The Morgan fingerprint density at radius 2 is 1.11 bits per heavy atom. The summed E-state index contributed by atoms with van der Waals surface area (Å²) in [7, 11) is -4.79. The van der Waals surface area contributed by atoms with Crippen LogP contribution >= 0.6 is 7.82 Å². The summed E-state index contributed by atoms with van der Waals surface area (Å²) in [4.78, 5) is 42.7. The Balaban J connectivity index is 2.18. The van der Waals surface area contributed by atoms with Gasteiger partial charge in [-0.3, -0.25) is 14.1 Å². The zero-order valence-corrected chi connectivity index (χ0v) is 33.2. The third-order valence-corrected chi connectivity index (χ3v) is 8.50. The van der Waals surface area contributed by atoms with Gasteiger partial charge in [0.2, 0.25) is 0 Å². The van der Waals surface area contributed by atoms with Gasteiger partial charge >= 0.3 is 19.8 Å². The molecule has 0 bridgehead atoms. The van der Waals surface area contributed by atoms with Crippen LogP contribution in [0.15, 0.2) is 97.2 Å². The highest BCUT2D eigenvalue weighted by molar-refractivity contribution is 7.46. The first-order valence-corrected chi connectivity index (χ1v) is 21.2. The molecule has 1 aliphatic heterocycles. The topological polar surface area (TPSA) is 132 Å². The Morgan fingerprint density at radius 1 is 0.623 bits per heavy atom. The fourth-order valence-corrected chi connectivity index (χ4v) is 5.38. The van der Waals surface area contributed by atoms with Crippen molar-refractivity contribution < 1.29 is 42.7 Å². The Kier molecular flexibility index (Phi) is 30.3. The van der Waals surface area contributed by atoms with E-state index in [0.717, 1.165) is 51.4 Å². The highest BCUT2D eigenvalue weighted by Crippen LogP contribution is 2.36. The minimum Gasteiger partial charge on any atom is -0.462 e. The lowest BCUT2D eigenvalue weighted by Gasteiger charge is -2.18. The summed E-state index contributed by atoms with van der Waals surface area (Å²) in [5, 5.41) is 0. The molecule has 298 valence electrons. The van der Waals surface area contributed by atoms with E-state index in [1.807, 2.05) is 18.2 Å². The van der Waals surface area contributed by atoms with Gasteiger partial charge < -0.3 is 24.0 Å². The van der Waals surface area contributed by atoms with Gasteiger partial charge in [0.15, 0.2) is 6.10 Å². The molecule has 0 aromatic carbocycles. The molecule has 9 nitrogen and oxygen atoms in total. The summed E-state index contributed by atoms with van der Waals surface area (Å²) in [6, 6.07) is 0. The maximum atomic E-state index is 12.4. The summed E-state index contributed by atoms with van der Waals surface area (Å²) < 4.78 is 31.9. The van der Waals surface area contributed by atoms with Crippen molar-refractivity contribution in [1.82, 2.24) is 0 Å². The average Bonchev–Trinajstić information content (AvgIpc) is 3.88. The van der Waals surface area contributed by atoms with E-state index >= 15 is 0 Å². The van der Waals surface area contributed by atoms with Crippen LogP contribution in [0.4, 0.5) is 0 Å². The van der Waals surface area contributed by atoms with Crippen molar-refractivity contribution in [3.05, 3.63) is 97.2 Å². The molecular weight excluding hydrogens is 691 g/mol. The fourth-order valence-electron chi connectivity index (χ4n) is 5.02. The number of esters is 2. The van der Waals surface area contributed by atoms with E-state index < -0.39 is 32.5 Å². The largest absolute Gasteiger partial charge is 0.469 e. The van der Waals surface area contributed by atoms with Crippen molar-refractivity contribution in [3.8, 4) is 0 Å². The molecule has 0 radical (unpaired) electrons. The quantitative estimate of drug-likeness (QED) is 0.0221. The van der Waals surface area contributed by atoms with Gasteiger partial charge in [-0.2, -0.15) is 0 Å². The molecule has 0 aromatic heterocycles. The number of carbonyl (C=O) groups excluding carboxylic acids is 2. The van der Waals surface area contributed by atoms with Gasteiger partial charge in [0, 0.05) is 12.8 Å². The minimum atomic E-state index is -4.79. The number of ether oxygens (including phenoxy) is 3. The number of carbonyl (C=O) groups is 2. The third-order valence-electron chi connectivity index (χ3n) is 8.01. The Bertz CT molecular complexity index is 1240. The van der Waals surface area contributed by atoms with Gasteiger partial charge in [0.1, 0.15) is 6.61 Å². The molecule has 10 heteroatoms. The molecule has 1 aliphatic rings. The summed E-state index contributed by atoms with van der Waals surface area (Å²) >= 11 is 0. The molecule has 1 rings (SSSR count). The van der Waals surface area contributed by atoms with Crippen molar-refractivity contribution in [2.24, 2.45) is 0 Å². The molecule has 0 aliphatic carbocycles. The first-order chi connectivity index (χ1) is 25.7. The normalized spacial score (nSPS) is 17.4. The van der Waals surface area contributed by atoms with Gasteiger partial charge in [-0.05, 0) is 83.5 Å². The number of rotatable bonds is 33. The molecule has 0 spiro atoms. The Labute approximate surface area is 319 Å². The predicted molar refractivity (Wildman–Crippen MR) is 215 cm³/mol. The van der Waals surface area contributed by atoms with Crippen LogP contribution in [0.1, 0.15) is 129 Å². The van der Waals surface area contributed by atoms with Crippen LogP contribution in [0.3, 0.4) is 0 Å². The first kappa shape index (κ1) is 48.0. The molecule has 2 unspecified atom stereocenters. The van der Waals surface area contributed by atoms with Crippen LogP contribution in [0.25, 0.3) is 0 Å². The SMILES string of the molecule is CC/C=C\C/C=C\C/C=C\C/C=C\C/C=C\CCCC(=O)OC[C@H](COP(=O)(O)O)OC(=O)CCC/C=C\C/C=C\C/C=C\CC1OC1CCCCC. The second kappa shape index (κ2) is 33.5. The van der Waals surface area contributed by atoms with Gasteiger partial charge in [-0.15, -0.1) is 0 Å². The van der Waals surface area contributed by atoms with Crippen LogP contribution in [-0.2, 0) is 32.9 Å². The van der Waals surface area contributed by atoms with E-state index in [2.05, 4.69) is 97.4 Å². The van der Waals surface area contributed by atoms with Crippen LogP contribution in [-0.4, -0.2) is 53.3 Å². The second-order valence-electron chi connectivity index (χ2n) is 12.9. The Morgan fingerprint density at radius 3 is 1.62 bits per heavy atom. The fraction of sp³-hybridized carbons (Fsp3) is 0.581. The van der Waals surface area contributed by atoms with Crippen LogP contribution in [0.2, 0.25) is 0 Å². The summed E-state index contributed by atoms with van der Waals surface area (Å²) in [5.41, 5.74) is 0. The van der Waals surface area contributed by atoms with Crippen molar-refractivity contribution in [2.45, 2.75) is 148 Å². The number of epoxide rings is 1. The molecule has 1 heterocycles. The van der Waals surface area contributed by atoms with E-state index in [4.69, 9.17) is 24.0 Å². The van der Waals surface area contributed by atoms with Crippen molar-refractivity contribution in [3.63, 3.8) is 0 Å². The lowest BCUT2D eigenvalue weighted by Crippen LogP contribution is -2.29. The summed E-state index contributed by atoms with van der Waals surface area (Å²) in [6.07, 6.45) is 48.9. The molecule has 1 fully saturated rings. The van der Waals surface area contributed by atoms with Crippen LogP contribution in [0, 0.1) is 0 Å². The minimum absolute atomic E-state index is 0.114. The van der Waals surface area contributed by atoms with Gasteiger partial charge in [-0.25, -0.2) is 4.57 Å². The van der Waals surface area contributed by atoms with Crippen molar-refractivity contribution in [1.29, 1.82) is 0 Å². The molecule has 0 amide bonds. The average molecular weight is 759 g/mol. The van der Waals surface area contributed by atoms with E-state index in [-0.39, 0.29) is 19.4 Å². The van der Waals surface area contributed by atoms with E-state index in [9.17, 15) is 14.2 Å². The first-order valence-electron chi connectivity index (χ1n) is 19.7. The smallest absolute Gasteiger partial charge is 0.462 e. The maximum absolute atomic E-state index is 12.4.